The molecule has 1 aromatic rings. The van der Waals surface area contributed by atoms with Crippen LogP contribution in [0.2, 0.25) is 0 Å². The van der Waals surface area contributed by atoms with Gasteiger partial charge in [-0.1, -0.05) is 43.7 Å². The smallest absolute Gasteiger partial charge is 0.141 e. The van der Waals surface area contributed by atoms with Gasteiger partial charge >= 0.3 is 0 Å². The van der Waals surface area contributed by atoms with Crippen molar-refractivity contribution in [3.05, 3.63) is 35.9 Å². The Labute approximate surface area is 110 Å². The van der Waals surface area contributed by atoms with E-state index >= 15 is 0 Å². The molecule has 1 aliphatic heterocycles. The molecule has 1 aliphatic rings. The van der Waals surface area contributed by atoms with Gasteiger partial charge in [-0.3, -0.25) is 4.79 Å². The Hall–Kier alpha value is -1.15. The third-order valence-corrected chi connectivity index (χ3v) is 3.83. The van der Waals surface area contributed by atoms with E-state index in [0.717, 1.165) is 19.6 Å². The maximum Gasteiger partial charge on any atom is 0.141 e. The van der Waals surface area contributed by atoms with Gasteiger partial charge in [0.15, 0.2) is 0 Å². The van der Waals surface area contributed by atoms with Crippen molar-refractivity contribution in [3.63, 3.8) is 0 Å². The molecule has 0 aliphatic carbocycles. The molecule has 0 aromatic heterocycles. The summed E-state index contributed by atoms with van der Waals surface area (Å²) in [7, 11) is 0. The Balaban J connectivity index is 2.07. The Morgan fingerprint density at radius 1 is 1.17 bits per heavy atom. The van der Waals surface area contributed by atoms with Gasteiger partial charge in [-0.15, -0.1) is 0 Å². The van der Waals surface area contributed by atoms with Crippen molar-refractivity contribution < 1.29 is 4.79 Å². The standard InChI is InChI=1S/C16H23NO/c1-2-16(18)15(14-9-5-3-6-10-14)13-17-11-7-4-8-12-17/h3,5-6,9-10,15H,2,4,7-8,11-13H2,1H3. The highest BCUT2D eigenvalue weighted by atomic mass is 16.1. The second kappa shape index (κ2) is 6.69. The highest BCUT2D eigenvalue weighted by molar-refractivity contribution is 5.85. The quantitative estimate of drug-likeness (QED) is 0.793. The molecule has 1 heterocycles. The number of hydrogen-bond acceptors (Lipinski definition) is 2. The molecule has 0 radical (unpaired) electrons. The van der Waals surface area contributed by atoms with Crippen molar-refractivity contribution >= 4 is 5.78 Å². The first-order valence-corrected chi connectivity index (χ1v) is 7.11. The third-order valence-electron chi connectivity index (χ3n) is 3.83. The lowest BCUT2D eigenvalue weighted by molar-refractivity contribution is -0.120. The van der Waals surface area contributed by atoms with Gasteiger partial charge in [0, 0.05) is 13.0 Å². The summed E-state index contributed by atoms with van der Waals surface area (Å²) in [5.74, 6) is 0.432. The number of carbonyl (C=O) groups is 1. The number of likely N-dealkylation sites (tertiary alicyclic amines) is 1. The molecular weight excluding hydrogens is 222 g/mol. The van der Waals surface area contributed by atoms with Crippen LogP contribution >= 0.6 is 0 Å². The van der Waals surface area contributed by atoms with Crippen LogP contribution in [0.3, 0.4) is 0 Å². The summed E-state index contributed by atoms with van der Waals surface area (Å²) in [6.07, 6.45) is 4.53. The highest BCUT2D eigenvalue weighted by Crippen LogP contribution is 2.21. The molecule has 1 unspecified atom stereocenters. The molecule has 1 saturated heterocycles. The molecule has 18 heavy (non-hydrogen) atoms. The van der Waals surface area contributed by atoms with E-state index in [-0.39, 0.29) is 5.92 Å². The number of piperidine rings is 1. The maximum absolute atomic E-state index is 12.2. The molecular formula is C16H23NO. The van der Waals surface area contributed by atoms with Gasteiger partial charge in [-0.25, -0.2) is 0 Å². The van der Waals surface area contributed by atoms with Gasteiger partial charge in [-0.05, 0) is 31.5 Å². The van der Waals surface area contributed by atoms with Crippen molar-refractivity contribution in [3.8, 4) is 0 Å². The largest absolute Gasteiger partial charge is 0.302 e. The number of benzene rings is 1. The van der Waals surface area contributed by atoms with Crippen LogP contribution < -0.4 is 0 Å². The minimum absolute atomic E-state index is 0.0642. The van der Waals surface area contributed by atoms with Gasteiger partial charge in [0.2, 0.25) is 0 Å². The SMILES string of the molecule is CCC(=O)C(CN1CCCCC1)c1ccccc1. The van der Waals surface area contributed by atoms with Crippen LogP contribution in [-0.2, 0) is 4.79 Å². The van der Waals surface area contributed by atoms with Crippen LogP contribution in [-0.4, -0.2) is 30.3 Å². The van der Waals surface area contributed by atoms with Crippen LogP contribution in [0.1, 0.15) is 44.1 Å². The molecule has 0 saturated carbocycles. The third kappa shape index (κ3) is 3.42. The molecule has 0 N–H and O–H groups in total. The number of ketones is 1. The first-order chi connectivity index (χ1) is 8.81. The summed E-state index contributed by atoms with van der Waals surface area (Å²) < 4.78 is 0. The van der Waals surface area contributed by atoms with E-state index in [2.05, 4.69) is 17.0 Å². The van der Waals surface area contributed by atoms with Crippen molar-refractivity contribution in [2.75, 3.05) is 19.6 Å². The molecule has 1 fully saturated rings. The van der Waals surface area contributed by atoms with Crippen molar-refractivity contribution in [2.24, 2.45) is 0 Å². The summed E-state index contributed by atoms with van der Waals surface area (Å²) in [6.45, 7) is 5.17. The highest BCUT2D eigenvalue weighted by Gasteiger charge is 2.22. The minimum Gasteiger partial charge on any atom is -0.302 e. The second-order valence-corrected chi connectivity index (χ2v) is 5.14. The van der Waals surface area contributed by atoms with E-state index in [4.69, 9.17) is 0 Å². The van der Waals surface area contributed by atoms with Crippen LogP contribution in [0.25, 0.3) is 0 Å². The summed E-state index contributed by atoms with van der Waals surface area (Å²) in [4.78, 5) is 14.6. The zero-order valence-electron chi connectivity index (χ0n) is 11.3. The number of carbonyl (C=O) groups excluding carboxylic acids is 1. The fraction of sp³-hybridized carbons (Fsp3) is 0.562. The molecule has 2 rings (SSSR count). The van der Waals surface area contributed by atoms with Gasteiger partial charge in [0.1, 0.15) is 5.78 Å². The lowest BCUT2D eigenvalue weighted by atomic mass is 9.92. The fourth-order valence-corrected chi connectivity index (χ4v) is 2.73. The van der Waals surface area contributed by atoms with Gasteiger partial charge in [0.05, 0.1) is 5.92 Å². The number of Topliss-reactive ketones (excluding diaryl/α,β-unsaturated/α-hetero) is 1. The second-order valence-electron chi connectivity index (χ2n) is 5.14. The summed E-state index contributed by atoms with van der Waals surface area (Å²) in [6, 6.07) is 10.2. The Kier molecular flexibility index (Phi) is 4.94. The first-order valence-electron chi connectivity index (χ1n) is 7.11. The lowest BCUT2D eigenvalue weighted by Gasteiger charge is -2.30. The van der Waals surface area contributed by atoms with E-state index in [9.17, 15) is 4.79 Å². The normalized spacial score (nSPS) is 18.5. The fourth-order valence-electron chi connectivity index (χ4n) is 2.73. The average Bonchev–Trinajstić information content (AvgIpc) is 2.46. The topological polar surface area (TPSA) is 20.3 Å². The van der Waals surface area contributed by atoms with Crippen LogP contribution in [0.15, 0.2) is 30.3 Å². The van der Waals surface area contributed by atoms with Gasteiger partial charge in [-0.2, -0.15) is 0 Å². The summed E-state index contributed by atoms with van der Waals surface area (Å²) >= 11 is 0. The van der Waals surface area contributed by atoms with E-state index in [1.54, 1.807) is 0 Å². The van der Waals surface area contributed by atoms with E-state index in [1.165, 1.54) is 24.8 Å². The number of hydrogen-bond donors (Lipinski definition) is 0. The number of nitrogens with zero attached hydrogens (tertiary/aromatic N) is 1. The van der Waals surface area contributed by atoms with Gasteiger partial charge in [0.25, 0.3) is 0 Å². The minimum atomic E-state index is 0.0642. The molecule has 1 atom stereocenters. The predicted molar refractivity (Wildman–Crippen MR) is 74.8 cm³/mol. The zero-order valence-corrected chi connectivity index (χ0v) is 11.3. The lowest BCUT2D eigenvalue weighted by Crippen LogP contribution is -2.35. The zero-order chi connectivity index (χ0) is 12.8. The summed E-state index contributed by atoms with van der Waals surface area (Å²) in [5.41, 5.74) is 1.18. The molecule has 98 valence electrons. The number of rotatable bonds is 5. The first kappa shape index (κ1) is 13.3. The Morgan fingerprint density at radius 3 is 2.44 bits per heavy atom. The molecule has 0 bridgehead atoms. The molecule has 0 amide bonds. The molecule has 0 spiro atoms. The van der Waals surface area contributed by atoms with Crippen LogP contribution in [0, 0.1) is 0 Å². The molecule has 2 heteroatoms. The Morgan fingerprint density at radius 2 is 1.83 bits per heavy atom. The van der Waals surface area contributed by atoms with E-state index in [0.29, 0.717) is 12.2 Å². The molecule has 1 aromatic carbocycles. The monoisotopic (exact) mass is 245 g/mol. The van der Waals surface area contributed by atoms with Gasteiger partial charge < -0.3 is 4.90 Å². The van der Waals surface area contributed by atoms with E-state index < -0.39 is 0 Å². The van der Waals surface area contributed by atoms with Crippen molar-refractivity contribution in [1.29, 1.82) is 0 Å². The predicted octanol–water partition coefficient (Wildman–Crippen LogP) is 3.24. The van der Waals surface area contributed by atoms with E-state index in [1.807, 2.05) is 25.1 Å². The van der Waals surface area contributed by atoms with Crippen molar-refractivity contribution in [1.82, 2.24) is 4.90 Å². The summed E-state index contributed by atoms with van der Waals surface area (Å²) in [5, 5.41) is 0. The van der Waals surface area contributed by atoms with Crippen molar-refractivity contribution in [2.45, 2.75) is 38.5 Å². The average molecular weight is 245 g/mol. The van der Waals surface area contributed by atoms with Crippen LogP contribution in [0.4, 0.5) is 0 Å². The molecule has 2 nitrogen and oxygen atoms in total. The van der Waals surface area contributed by atoms with Crippen LogP contribution in [0.5, 0.6) is 0 Å². The maximum atomic E-state index is 12.2. The Bertz CT molecular complexity index is 368.